The molecule has 0 N–H and O–H groups in total. The van der Waals surface area contributed by atoms with Gasteiger partial charge in [-0.25, -0.2) is 0 Å². The van der Waals surface area contributed by atoms with Gasteiger partial charge in [-0.3, -0.25) is 0 Å². The fourth-order valence-corrected chi connectivity index (χ4v) is 25.7. The molecule has 5 aromatic heterocycles. The summed E-state index contributed by atoms with van der Waals surface area (Å²) in [5.41, 5.74) is 23.4. The number of hydrogen-bond acceptors (Lipinski definition) is 12. The largest absolute Gasteiger partial charge is 0.340 e. The number of rotatable bonds is 26. The molecular formula is C100H93N5S8. The Morgan fingerprint density at radius 1 is 0.257 bits per heavy atom. The molecule has 113 heavy (non-hydrogen) atoms. The molecule has 5 nitrogen and oxygen atoms in total. The van der Waals surface area contributed by atoms with Crippen molar-refractivity contribution in [2.45, 2.75) is 164 Å². The summed E-state index contributed by atoms with van der Waals surface area (Å²) >= 11 is 15.5. The van der Waals surface area contributed by atoms with Gasteiger partial charge in [-0.15, -0.1) is 45.3 Å². The molecule has 1 atom stereocenters. The van der Waals surface area contributed by atoms with Crippen molar-refractivity contribution < 1.29 is 0 Å². The second-order valence-corrected chi connectivity index (χ2v) is 39.2. The smallest absolute Gasteiger partial charge is 0.0579 e. The lowest BCUT2D eigenvalue weighted by molar-refractivity contribution is 0.401. The Morgan fingerprint density at radius 2 is 0.531 bits per heavy atom. The molecule has 15 aromatic rings. The van der Waals surface area contributed by atoms with Gasteiger partial charge in [0, 0.05) is 133 Å². The first-order valence-corrected chi connectivity index (χ1v) is 47.5. The van der Waals surface area contributed by atoms with E-state index in [2.05, 4.69) is 308 Å². The predicted molar refractivity (Wildman–Crippen MR) is 498 cm³/mol. The van der Waals surface area contributed by atoms with Crippen LogP contribution in [0.2, 0.25) is 0 Å². The minimum Gasteiger partial charge on any atom is -0.340 e. The zero-order chi connectivity index (χ0) is 76.2. The van der Waals surface area contributed by atoms with Gasteiger partial charge in [0.1, 0.15) is 0 Å². The van der Waals surface area contributed by atoms with Crippen LogP contribution in [0.3, 0.4) is 0 Å². The minimum atomic E-state index is 0.473. The Bertz CT molecular complexity index is 5710. The molecule has 1 unspecified atom stereocenters. The number of benzene rings is 10. The standard InChI is InChI=1S/C100H93N5S8/c1-7-13-26-64(12-6)63-105-99-71(55-69(87-45-43-83(106-87)65-35-39-79-95(59-65)110-91-31-22-18-27-75(91)101(79)51-14-8-2)57-73(99)89-49-47-85(108-89)67-37-41-81-97(61-67)112-93-33-24-20-29-77(93)103(81)53-16-10-4)72-56-70(88-46-44-84(107-88)66-36-40-80-96(60-66)111-92-32-23-19-28-76(92)102(80)52-15-9-3)58-74(100(72)105)90-50-48-86(109-90)68-38-42-82-98(62-68)113-94-34-25-21-30-78(94)104(82)54-17-11-5/h18-25,27-50,55-62,64H,7-17,26,51-54,63H2,1-6H3. The summed E-state index contributed by atoms with van der Waals surface area (Å²) in [4.78, 5) is 31.1. The topological polar surface area (TPSA) is 17.9 Å². The number of unbranched alkanes of at least 4 members (excludes halogenated alkanes) is 5. The molecule has 566 valence electrons. The molecule has 4 aliphatic heterocycles. The quantitative estimate of drug-likeness (QED) is 0.0527. The van der Waals surface area contributed by atoms with Crippen LogP contribution in [0.1, 0.15) is 119 Å². The summed E-state index contributed by atoms with van der Waals surface area (Å²) in [6, 6.07) is 94.8. The summed E-state index contributed by atoms with van der Waals surface area (Å²) in [6.45, 7) is 18.9. The second-order valence-electron chi connectivity index (χ2n) is 30.6. The average Bonchev–Trinajstić information content (AvgIpc) is 1.56. The highest BCUT2D eigenvalue weighted by Crippen LogP contribution is 2.57. The summed E-state index contributed by atoms with van der Waals surface area (Å²) in [6.07, 6.45) is 13.8. The number of aromatic nitrogens is 1. The van der Waals surface area contributed by atoms with Crippen LogP contribution in [-0.2, 0) is 6.54 Å². The third kappa shape index (κ3) is 14.2. The van der Waals surface area contributed by atoms with Crippen molar-refractivity contribution in [1.29, 1.82) is 0 Å². The molecular weight excluding hydrogens is 1530 g/mol. The number of thiophene rings is 4. The average molecular weight is 1620 g/mol. The monoisotopic (exact) mass is 1620 g/mol. The van der Waals surface area contributed by atoms with E-state index in [1.807, 2.05) is 92.4 Å². The van der Waals surface area contributed by atoms with Crippen LogP contribution in [0.4, 0.5) is 45.5 Å². The van der Waals surface area contributed by atoms with E-state index in [-0.39, 0.29) is 0 Å². The van der Waals surface area contributed by atoms with Crippen molar-refractivity contribution in [2.24, 2.45) is 5.92 Å². The molecule has 13 heteroatoms. The summed E-state index contributed by atoms with van der Waals surface area (Å²) in [7, 11) is 0. The second kappa shape index (κ2) is 32.6. The molecule has 19 rings (SSSR count). The lowest BCUT2D eigenvalue weighted by Gasteiger charge is -2.33. The highest BCUT2D eigenvalue weighted by Gasteiger charge is 2.32. The number of hydrogen-bond donors (Lipinski definition) is 0. The van der Waals surface area contributed by atoms with Crippen LogP contribution >= 0.6 is 92.4 Å². The maximum absolute atomic E-state index is 2.85. The Labute approximate surface area is 700 Å². The molecule has 10 aromatic carbocycles. The zero-order valence-electron chi connectivity index (χ0n) is 65.2. The maximum Gasteiger partial charge on any atom is 0.0579 e. The van der Waals surface area contributed by atoms with Gasteiger partial charge in [0.15, 0.2) is 0 Å². The van der Waals surface area contributed by atoms with E-state index in [4.69, 9.17) is 0 Å². The van der Waals surface area contributed by atoms with Crippen molar-refractivity contribution in [2.75, 3.05) is 45.8 Å². The molecule has 0 fully saturated rings. The van der Waals surface area contributed by atoms with Crippen LogP contribution in [0, 0.1) is 5.92 Å². The zero-order valence-corrected chi connectivity index (χ0v) is 71.7. The van der Waals surface area contributed by atoms with Crippen LogP contribution in [0.25, 0.3) is 105 Å². The number of nitrogens with zero attached hydrogens (tertiary/aromatic N) is 5. The Morgan fingerprint density at radius 3 is 0.832 bits per heavy atom. The molecule has 0 spiro atoms. The van der Waals surface area contributed by atoms with Gasteiger partial charge in [0.05, 0.1) is 56.5 Å². The molecule has 0 amide bonds. The molecule has 4 aliphatic rings. The van der Waals surface area contributed by atoms with Gasteiger partial charge in [0.25, 0.3) is 0 Å². The van der Waals surface area contributed by atoms with E-state index in [0.29, 0.717) is 5.92 Å². The summed E-state index contributed by atoms with van der Waals surface area (Å²) in [5, 5.41) is 2.62. The highest BCUT2D eigenvalue weighted by atomic mass is 32.2. The summed E-state index contributed by atoms with van der Waals surface area (Å²) in [5.74, 6) is 0.473. The van der Waals surface area contributed by atoms with Crippen molar-refractivity contribution in [3.63, 3.8) is 0 Å². The first kappa shape index (κ1) is 74.5. The Hall–Kier alpha value is -8.60. The van der Waals surface area contributed by atoms with E-state index >= 15 is 0 Å². The third-order valence-electron chi connectivity index (χ3n) is 23.1. The lowest BCUT2D eigenvalue weighted by atomic mass is 9.98. The Kier molecular flexibility index (Phi) is 21.5. The lowest BCUT2D eigenvalue weighted by Crippen LogP contribution is -2.21. The molecule has 0 saturated heterocycles. The minimum absolute atomic E-state index is 0.473. The maximum atomic E-state index is 2.85. The van der Waals surface area contributed by atoms with Crippen molar-refractivity contribution in [3.8, 4) is 83.5 Å². The van der Waals surface area contributed by atoms with Gasteiger partial charge in [0.2, 0.25) is 0 Å². The number of anilines is 8. The van der Waals surface area contributed by atoms with Gasteiger partial charge in [-0.2, -0.15) is 0 Å². The summed E-state index contributed by atoms with van der Waals surface area (Å²) < 4.78 is 2.85. The van der Waals surface area contributed by atoms with Crippen molar-refractivity contribution >= 4 is 160 Å². The van der Waals surface area contributed by atoms with Gasteiger partial charge in [-0.05, 0) is 241 Å². The molecule has 0 radical (unpaired) electrons. The van der Waals surface area contributed by atoms with Crippen molar-refractivity contribution in [3.05, 3.63) is 243 Å². The molecule has 0 bridgehead atoms. The van der Waals surface area contributed by atoms with Crippen LogP contribution in [-0.4, -0.2) is 30.7 Å². The first-order chi connectivity index (χ1) is 55.7. The van der Waals surface area contributed by atoms with Gasteiger partial charge < -0.3 is 24.2 Å². The fourth-order valence-electron chi connectivity index (χ4n) is 17.1. The highest BCUT2D eigenvalue weighted by molar-refractivity contribution is 8.00. The Balaban J connectivity index is 0.805. The van der Waals surface area contributed by atoms with Gasteiger partial charge >= 0.3 is 0 Å². The first-order valence-electron chi connectivity index (χ1n) is 41.0. The van der Waals surface area contributed by atoms with Crippen LogP contribution in [0.15, 0.2) is 282 Å². The van der Waals surface area contributed by atoms with E-state index in [9.17, 15) is 0 Å². The predicted octanol–water partition coefficient (Wildman–Crippen LogP) is 33.2. The number of fused-ring (bicyclic) bond motifs is 11. The SMILES string of the molecule is CCCCC(CC)Cn1c2c(-c3ccc(-c4ccc5c(c4)Sc4ccccc4N5CCCC)s3)cc(-c3ccc(-c4ccc5c(c4)Sc4ccccc4N5CCCC)s3)cc2c2cc(-c3ccc(-c4ccc5c(c4)Sc4ccccc4N5CCCC)s3)cc(-c3ccc(-c4ccc5c(c4)Sc4ccccc4N5CCCC)s3)c21. The van der Waals surface area contributed by atoms with E-state index in [1.165, 1.54) is 209 Å². The van der Waals surface area contributed by atoms with Crippen molar-refractivity contribution in [1.82, 2.24) is 4.57 Å². The van der Waals surface area contributed by atoms with E-state index in [0.717, 1.165) is 90.5 Å². The third-order valence-corrected chi connectivity index (χ3v) is 32.3. The molecule has 0 aliphatic carbocycles. The normalized spacial score (nSPS) is 13.6. The van der Waals surface area contributed by atoms with E-state index in [1.54, 1.807) is 0 Å². The van der Waals surface area contributed by atoms with Crippen LogP contribution < -0.4 is 19.6 Å². The van der Waals surface area contributed by atoms with Crippen LogP contribution in [0.5, 0.6) is 0 Å². The molecule has 9 heterocycles. The fraction of sp³-hybridized carbons (Fsp3) is 0.240. The van der Waals surface area contributed by atoms with E-state index < -0.39 is 0 Å². The number of para-hydroxylation sites is 4. The molecule has 0 saturated carbocycles. The van der Waals surface area contributed by atoms with Gasteiger partial charge in [-0.1, -0.05) is 206 Å².